The lowest BCUT2D eigenvalue weighted by Crippen LogP contribution is -2.35. The van der Waals surface area contributed by atoms with Gasteiger partial charge in [-0.2, -0.15) is 0 Å². The first-order chi connectivity index (χ1) is 8.20. The van der Waals surface area contributed by atoms with Crippen LogP contribution in [0.5, 0.6) is 0 Å². The van der Waals surface area contributed by atoms with E-state index in [-0.39, 0.29) is 0 Å². The average Bonchev–Trinajstić information content (AvgIpc) is 2.31. The standard InChI is InChI=1S/C14H21NO2/c1-3-10-15(11-4-2)13(14(16)17)12-8-6-5-7-9-12/h5-9,13H,3-4,10-11H2,1-2H3,(H,16,17)/t13-/m0/s1. The third-order valence-electron chi connectivity index (χ3n) is 2.74. The quantitative estimate of drug-likeness (QED) is 0.790. The van der Waals surface area contributed by atoms with Gasteiger partial charge in [0.05, 0.1) is 0 Å². The predicted octanol–water partition coefficient (Wildman–Crippen LogP) is 2.93. The summed E-state index contributed by atoms with van der Waals surface area (Å²) < 4.78 is 0. The Morgan fingerprint density at radius 3 is 2.12 bits per heavy atom. The molecule has 17 heavy (non-hydrogen) atoms. The molecule has 0 spiro atoms. The Balaban J connectivity index is 2.94. The summed E-state index contributed by atoms with van der Waals surface area (Å²) in [5.74, 6) is -0.766. The fourth-order valence-corrected chi connectivity index (χ4v) is 2.09. The molecule has 0 saturated carbocycles. The minimum atomic E-state index is -0.766. The first kappa shape index (κ1) is 13.7. The second-order valence-corrected chi connectivity index (χ2v) is 4.19. The SMILES string of the molecule is CCCN(CCC)[C@H](C(=O)O)c1ccccc1. The van der Waals surface area contributed by atoms with Gasteiger partial charge in [0.25, 0.3) is 0 Å². The molecule has 0 aliphatic rings. The topological polar surface area (TPSA) is 40.5 Å². The molecule has 0 aromatic heterocycles. The monoisotopic (exact) mass is 235 g/mol. The third-order valence-corrected chi connectivity index (χ3v) is 2.74. The van der Waals surface area contributed by atoms with Crippen molar-refractivity contribution in [3.63, 3.8) is 0 Å². The van der Waals surface area contributed by atoms with Crippen molar-refractivity contribution in [2.24, 2.45) is 0 Å². The molecule has 1 aromatic carbocycles. The molecule has 1 aromatic rings. The highest BCUT2D eigenvalue weighted by Crippen LogP contribution is 2.21. The predicted molar refractivity (Wildman–Crippen MR) is 69.0 cm³/mol. The van der Waals surface area contributed by atoms with E-state index >= 15 is 0 Å². The van der Waals surface area contributed by atoms with Crippen molar-refractivity contribution >= 4 is 5.97 Å². The van der Waals surface area contributed by atoms with E-state index in [0.29, 0.717) is 0 Å². The number of benzene rings is 1. The lowest BCUT2D eigenvalue weighted by Gasteiger charge is -2.28. The van der Waals surface area contributed by atoms with E-state index in [1.807, 2.05) is 35.2 Å². The van der Waals surface area contributed by atoms with Crippen LogP contribution in [-0.2, 0) is 4.79 Å². The number of nitrogens with zero attached hydrogens (tertiary/aromatic N) is 1. The molecule has 0 bridgehead atoms. The summed E-state index contributed by atoms with van der Waals surface area (Å²) in [4.78, 5) is 13.5. The van der Waals surface area contributed by atoms with Crippen LogP contribution >= 0.6 is 0 Å². The van der Waals surface area contributed by atoms with Crippen molar-refractivity contribution in [3.8, 4) is 0 Å². The van der Waals surface area contributed by atoms with E-state index in [1.165, 1.54) is 0 Å². The number of carbonyl (C=O) groups is 1. The molecular formula is C14H21NO2. The molecule has 1 N–H and O–H groups in total. The van der Waals surface area contributed by atoms with Gasteiger partial charge in [-0.3, -0.25) is 9.69 Å². The van der Waals surface area contributed by atoms with Gasteiger partial charge in [0.15, 0.2) is 0 Å². The Kier molecular flexibility index (Phi) is 5.70. The van der Waals surface area contributed by atoms with Gasteiger partial charge < -0.3 is 5.11 Å². The molecule has 0 heterocycles. The van der Waals surface area contributed by atoms with Gasteiger partial charge in [0, 0.05) is 0 Å². The van der Waals surface area contributed by atoms with Crippen molar-refractivity contribution in [1.29, 1.82) is 0 Å². The van der Waals surface area contributed by atoms with Crippen LogP contribution in [0.2, 0.25) is 0 Å². The summed E-state index contributed by atoms with van der Waals surface area (Å²) >= 11 is 0. The maximum atomic E-state index is 11.4. The Bertz CT molecular complexity index is 331. The molecule has 0 unspecified atom stereocenters. The number of hydrogen-bond acceptors (Lipinski definition) is 2. The van der Waals surface area contributed by atoms with Crippen LogP contribution < -0.4 is 0 Å². The van der Waals surface area contributed by atoms with Gasteiger partial charge in [-0.05, 0) is 31.5 Å². The third kappa shape index (κ3) is 3.86. The van der Waals surface area contributed by atoms with Gasteiger partial charge in [-0.25, -0.2) is 0 Å². The number of hydrogen-bond donors (Lipinski definition) is 1. The first-order valence-electron chi connectivity index (χ1n) is 6.22. The summed E-state index contributed by atoms with van der Waals surface area (Å²) in [5.41, 5.74) is 0.863. The van der Waals surface area contributed by atoms with Crippen molar-refractivity contribution in [1.82, 2.24) is 4.90 Å². The van der Waals surface area contributed by atoms with Crippen LogP contribution in [0.15, 0.2) is 30.3 Å². The molecule has 0 aliphatic heterocycles. The van der Waals surface area contributed by atoms with Crippen LogP contribution in [0.1, 0.15) is 38.3 Å². The van der Waals surface area contributed by atoms with Crippen LogP contribution in [0.25, 0.3) is 0 Å². The Hall–Kier alpha value is -1.35. The fourth-order valence-electron chi connectivity index (χ4n) is 2.09. The summed E-state index contributed by atoms with van der Waals surface area (Å²) in [6, 6.07) is 8.94. The molecule has 0 saturated heterocycles. The molecule has 1 rings (SSSR count). The second-order valence-electron chi connectivity index (χ2n) is 4.19. The number of carboxylic acid groups (broad SMARTS) is 1. The number of carboxylic acids is 1. The minimum Gasteiger partial charge on any atom is -0.480 e. The summed E-state index contributed by atoms with van der Waals surface area (Å²) in [6.07, 6.45) is 1.94. The Labute approximate surface area is 103 Å². The number of rotatable bonds is 7. The summed E-state index contributed by atoms with van der Waals surface area (Å²) in [5, 5.41) is 9.41. The van der Waals surface area contributed by atoms with Crippen LogP contribution in [0.4, 0.5) is 0 Å². The van der Waals surface area contributed by atoms with Gasteiger partial charge in [0.2, 0.25) is 0 Å². The summed E-state index contributed by atoms with van der Waals surface area (Å²) in [6.45, 7) is 5.79. The van der Waals surface area contributed by atoms with Crippen molar-refractivity contribution in [3.05, 3.63) is 35.9 Å². The largest absolute Gasteiger partial charge is 0.480 e. The summed E-state index contributed by atoms with van der Waals surface area (Å²) in [7, 11) is 0. The maximum absolute atomic E-state index is 11.4. The zero-order chi connectivity index (χ0) is 12.7. The zero-order valence-electron chi connectivity index (χ0n) is 10.6. The van der Waals surface area contributed by atoms with Crippen molar-refractivity contribution < 1.29 is 9.90 Å². The van der Waals surface area contributed by atoms with Crippen LogP contribution in [0.3, 0.4) is 0 Å². The second kappa shape index (κ2) is 7.07. The smallest absolute Gasteiger partial charge is 0.325 e. The van der Waals surface area contributed by atoms with E-state index in [2.05, 4.69) is 13.8 Å². The fraction of sp³-hybridized carbons (Fsp3) is 0.500. The van der Waals surface area contributed by atoms with E-state index in [0.717, 1.165) is 31.5 Å². The van der Waals surface area contributed by atoms with E-state index < -0.39 is 12.0 Å². The maximum Gasteiger partial charge on any atom is 0.325 e. The van der Waals surface area contributed by atoms with Gasteiger partial charge in [-0.15, -0.1) is 0 Å². The van der Waals surface area contributed by atoms with Gasteiger partial charge in [-0.1, -0.05) is 44.2 Å². The highest BCUT2D eigenvalue weighted by molar-refractivity contribution is 5.75. The molecule has 0 amide bonds. The molecule has 3 nitrogen and oxygen atoms in total. The Morgan fingerprint density at radius 2 is 1.71 bits per heavy atom. The molecule has 1 atom stereocenters. The van der Waals surface area contributed by atoms with Crippen molar-refractivity contribution in [2.45, 2.75) is 32.7 Å². The molecular weight excluding hydrogens is 214 g/mol. The lowest BCUT2D eigenvalue weighted by atomic mass is 10.0. The lowest BCUT2D eigenvalue weighted by molar-refractivity contribution is -0.143. The normalized spacial score (nSPS) is 12.6. The number of aliphatic carboxylic acids is 1. The van der Waals surface area contributed by atoms with Crippen molar-refractivity contribution in [2.75, 3.05) is 13.1 Å². The van der Waals surface area contributed by atoms with E-state index in [9.17, 15) is 9.90 Å². The van der Waals surface area contributed by atoms with Gasteiger partial charge >= 0.3 is 5.97 Å². The van der Waals surface area contributed by atoms with Crippen LogP contribution in [-0.4, -0.2) is 29.1 Å². The van der Waals surface area contributed by atoms with E-state index in [1.54, 1.807) is 0 Å². The Morgan fingerprint density at radius 1 is 1.18 bits per heavy atom. The molecule has 3 heteroatoms. The van der Waals surface area contributed by atoms with E-state index in [4.69, 9.17) is 0 Å². The zero-order valence-corrected chi connectivity index (χ0v) is 10.6. The molecule has 94 valence electrons. The average molecular weight is 235 g/mol. The first-order valence-corrected chi connectivity index (χ1v) is 6.22. The molecule has 0 fully saturated rings. The highest BCUT2D eigenvalue weighted by Gasteiger charge is 2.25. The van der Waals surface area contributed by atoms with Gasteiger partial charge in [0.1, 0.15) is 6.04 Å². The highest BCUT2D eigenvalue weighted by atomic mass is 16.4. The molecule has 0 aliphatic carbocycles. The van der Waals surface area contributed by atoms with Crippen LogP contribution in [0, 0.1) is 0 Å². The minimum absolute atomic E-state index is 0.518. The molecule has 0 radical (unpaired) electrons.